The van der Waals surface area contributed by atoms with Crippen molar-refractivity contribution in [3.05, 3.63) is 18.3 Å². The van der Waals surface area contributed by atoms with Crippen LogP contribution in [0.3, 0.4) is 0 Å². The lowest BCUT2D eigenvalue weighted by Gasteiger charge is -2.19. The standard InChI is InChI=1S/C12H19N3O3S/c13-19(17,18)11-6-3-7-14-12(11)15-8-10(16)9-4-1-2-5-9/h3,6-7,9-10,16H,1-2,4-5,8H2,(H,14,15)(H2,13,17,18). The molecule has 19 heavy (non-hydrogen) atoms. The number of hydrogen-bond donors (Lipinski definition) is 3. The number of nitrogens with zero attached hydrogens (tertiary/aromatic N) is 1. The van der Waals surface area contributed by atoms with E-state index in [1.807, 2.05) is 0 Å². The zero-order chi connectivity index (χ0) is 13.9. The van der Waals surface area contributed by atoms with Crippen molar-refractivity contribution in [2.24, 2.45) is 11.1 Å². The molecule has 0 aromatic carbocycles. The molecule has 1 heterocycles. The maximum absolute atomic E-state index is 11.4. The first-order valence-corrected chi connectivity index (χ1v) is 7.93. The van der Waals surface area contributed by atoms with E-state index in [1.54, 1.807) is 0 Å². The molecule has 2 rings (SSSR count). The SMILES string of the molecule is NS(=O)(=O)c1cccnc1NCC(O)C1CCCC1. The van der Waals surface area contributed by atoms with Gasteiger partial charge in [-0.2, -0.15) is 0 Å². The Kier molecular flexibility index (Phi) is 4.38. The number of sulfonamides is 1. The van der Waals surface area contributed by atoms with Crippen molar-refractivity contribution in [2.45, 2.75) is 36.7 Å². The maximum atomic E-state index is 11.4. The second kappa shape index (κ2) is 5.85. The van der Waals surface area contributed by atoms with Crippen LogP contribution in [-0.2, 0) is 10.0 Å². The van der Waals surface area contributed by atoms with Gasteiger partial charge in [0.1, 0.15) is 10.7 Å². The average Bonchev–Trinajstić information content (AvgIpc) is 2.89. The molecule has 1 atom stereocenters. The topological polar surface area (TPSA) is 105 Å². The molecule has 6 nitrogen and oxygen atoms in total. The molecule has 4 N–H and O–H groups in total. The highest BCUT2D eigenvalue weighted by Gasteiger charge is 2.23. The highest BCUT2D eigenvalue weighted by Crippen LogP contribution is 2.28. The van der Waals surface area contributed by atoms with Crippen molar-refractivity contribution in [3.8, 4) is 0 Å². The Bertz CT molecular complexity index is 527. The summed E-state index contributed by atoms with van der Waals surface area (Å²) >= 11 is 0. The fourth-order valence-corrected chi connectivity index (χ4v) is 3.13. The molecule has 106 valence electrons. The molecule has 0 bridgehead atoms. The number of aliphatic hydroxyl groups excluding tert-OH is 1. The van der Waals surface area contributed by atoms with Crippen LogP contribution in [0.4, 0.5) is 5.82 Å². The van der Waals surface area contributed by atoms with E-state index in [4.69, 9.17) is 5.14 Å². The summed E-state index contributed by atoms with van der Waals surface area (Å²) in [5, 5.41) is 18.0. The quantitative estimate of drug-likeness (QED) is 0.738. The van der Waals surface area contributed by atoms with Gasteiger partial charge < -0.3 is 10.4 Å². The molecule has 1 aliphatic rings. The fourth-order valence-electron chi connectivity index (χ4n) is 2.46. The molecule has 1 aliphatic carbocycles. The monoisotopic (exact) mass is 285 g/mol. The molecule has 0 aliphatic heterocycles. The predicted molar refractivity (Wildman–Crippen MR) is 72.1 cm³/mol. The molecule has 1 unspecified atom stereocenters. The molecule has 1 saturated carbocycles. The van der Waals surface area contributed by atoms with Crippen LogP contribution in [-0.4, -0.2) is 31.2 Å². The Morgan fingerprint density at radius 1 is 1.47 bits per heavy atom. The van der Waals surface area contributed by atoms with Crippen molar-refractivity contribution in [3.63, 3.8) is 0 Å². The number of rotatable bonds is 5. The summed E-state index contributed by atoms with van der Waals surface area (Å²) in [5.41, 5.74) is 0. The van der Waals surface area contributed by atoms with Crippen LogP contribution in [0.15, 0.2) is 23.2 Å². The van der Waals surface area contributed by atoms with E-state index in [9.17, 15) is 13.5 Å². The normalized spacial score (nSPS) is 18.4. The smallest absolute Gasteiger partial charge is 0.241 e. The molecule has 0 spiro atoms. The first-order valence-electron chi connectivity index (χ1n) is 6.38. The van der Waals surface area contributed by atoms with Gasteiger partial charge in [0.25, 0.3) is 0 Å². The van der Waals surface area contributed by atoms with Crippen LogP contribution in [0.25, 0.3) is 0 Å². The lowest BCUT2D eigenvalue weighted by atomic mass is 10.0. The van der Waals surface area contributed by atoms with Crippen molar-refractivity contribution < 1.29 is 13.5 Å². The number of nitrogens with one attached hydrogen (secondary N) is 1. The lowest BCUT2D eigenvalue weighted by molar-refractivity contribution is 0.122. The Morgan fingerprint density at radius 3 is 2.79 bits per heavy atom. The van der Waals surface area contributed by atoms with Gasteiger partial charge >= 0.3 is 0 Å². The third kappa shape index (κ3) is 3.65. The van der Waals surface area contributed by atoms with E-state index in [-0.39, 0.29) is 23.2 Å². The summed E-state index contributed by atoms with van der Waals surface area (Å²) in [5.74, 6) is 0.483. The first-order chi connectivity index (χ1) is 8.98. The molecular weight excluding hydrogens is 266 g/mol. The Labute approximate surface area is 113 Å². The molecule has 0 radical (unpaired) electrons. The van der Waals surface area contributed by atoms with Crippen LogP contribution in [0, 0.1) is 5.92 Å². The van der Waals surface area contributed by atoms with Crippen LogP contribution in [0.2, 0.25) is 0 Å². The van der Waals surface area contributed by atoms with Crippen LogP contribution < -0.4 is 10.5 Å². The molecular formula is C12H19N3O3S. The minimum atomic E-state index is -3.81. The highest BCUT2D eigenvalue weighted by molar-refractivity contribution is 7.89. The van der Waals surface area contributed by atoms with Crippen LogP contribution in [0.5, 0.6) is 0 Å². The summed E-state index contributed by atoms with van der Waals surface area (Å²) in [6, 6.07) is 2.91. The van der Waals surface area contributed by atoms with Gasteiger partial charge in [0.05, 0.1) is 6.10 Å². The van der Waals surface area contributed by atoms with E-state index in [1.165, 1.54) is 18.3 Å². The van der Waals surface area contributed by atoms with E-state index < -0.39 is 16.1 Å². The maximum Gasteiger partial charge on any atom is 0.241 e. The summed E-state index contributed by atoms with van der Waals surface area (Å²) in [6.45, 7) is 0.282. The Hall–Kier alpha value is -1.18. The van der Waals surface area contributed by atoms with E-state index >= 15 is 0 Å². The fraction of sp³-hybridized carbons (Fsp3) is 0.583. The van der Waals surface area contributed by atoms with Crippen molar-refractivity contribution in [2.75, 3.05) is 11.9 Å². The van der Waals surface area contributed by atoms with Gasteiger partial charge in [-0.05, 0) is 30.9 Å². The van der Waals surface area contributed by atoms with Gasteiger partial charge in [-0.15, -0.1) is 0 Å². The number of aromatic nitrogens is 1. The molecule has 7 heteroatoms. The van der Waals surface area contributed by atoms with Crippen molar-refractivity contribution >= 4 is 15.8 Å². The van der Waals surface area contributed by atoms with E-state index in [0.29, 0.717) is 0 Å². The van der Waals surface area contributed by atoms with E-state index in [2.05, 4.69) is 10.3 Å². The number of nitrogens with two attached hydrogens (primary N) is 1. The van der Waals surface area contributed by atoms with Gasteiger partial charge in [-0.25, -0.2) is 18.5 Å². The third-order valence-corrected chi connectivity index (χ3v) is 4.44. The molecule has 0 saturated heterocycles. The van der Waals surface area contributed by atoms with Gasteiger partial charge in [0.15, 0.2) is 0 Å². The molecule has 1 aromatic rings. The lowest BCUT2D eigenvalue weighted by Crippen LogP contribution is -2.28. The zero-order valence-corrected chi connectivity index (χ0v) is 11.4. The number of primary sulfonamides is 1. The minimum absolute atomic E-state index is 0.0476. The average molecular weight is 285 g/mol. The summed E-state index contributed by atoms with van der Waals surface area (Å²) in [7, 11) is -3.81. The second-order valence-electron chi connectivity index (χ2n) is 4.89. The summed E-state index contributed by atoms with van der Waals surface area (Å²) in [6.07, 6.45) is 5.33. The zero-order valence-electron chi connectivity index (χ0n) is 10.6. The second-order valence-corrected chi connectivity index (χ2v) is 6.42. The number of hydrogen-bond acceptors (Lipinski definition) is 5. The largest absolute Gasteiger partial charge is 0.391 e. The predicted octanol–water partition coefficient (Wildman–Crippen LogP) is 0.692. The summed E-state index contributed by atoms with van der Waals surface area (Å²) < 4.78 is 22.8. The van der Waals surface area contributed by atoms with Crippen molar-refractivity contribution in [1.82, 2.24) is 4.98 Å². The highest BCUT2D eigenvalue weighted by atomic mass is 32.2. The first kappa shape index (κ1) is 14.2. The van der Waals surface area contributed by atoms with Gasteiger partial charge in [-0.3, -0.25) is 0 Å². The van der Waals surface area contributed by atoms with Crippen molar-refractivity contribution in [1.29, 1.82) is 0 Å². The minimum Gasteiger partial charge on any atom is -0.391 e. The van der Waals surface area contributed by atoms with E-state index in [0.717, 1.165) is 25.7 Å². The van der Waals surface area contributed by atoms with Gasteiger partial charge in [0.2, 0.25) is 10.0 Å². The summed E-state index contributed by atoms with van der Waals surface area (Å²) in [4.78, 5) is 3.91. The molecule has 0 amide bonds. The Balaban J connectivity index is 2.03. The number of aliphatic hydroxyl groups is 1. The number of pyridine rings is 1. The number of anilines is 1. The van der Waals surface area contributed by atoms with Crippen LogP contribution >= 0.6 is 0 Å². The van der Waals surface area contributed by atoms with Gasteiger partial charge in [-0.1, -0.05) is 12.8 Å². The Morgan fingerprint density at radius 2 is 2.16 bits per heavy atom. The van der Waals surface area contributed by atoms with Crippen LogP contribution in [0.1, 0.15) is 25.7 Å². The molecule has 1 aromatic heterocycles. The molecule has 1 fully saturated rings. The van der Waals surface area contributed by atoms with Gasteiger partial charge in [0, 0.05) is 12.7 Å². The third-order valence-electron chi connectivity index (χ3n) is 3.50.